The van der Waals surface area contributed by atoms with Crippen molar-refractivity contribution in [3.63, 3.8) is 0 Å². The van der Waals surface area contributed by atoms with Crippen LogP contribution in [0.3, 0.4) is 0 Å². The molecule has 1 aromatic heterocycles. The van der Waals surface area contributed by atoms with Gasteiger partial charge in [0.05, 0.1) is 0 Å². The van der Waals surface area contributed by atoms with Gasteiger partial charge in [0, 0.05) is 29.9 Å². The van der Waals surface area contributed by atoms with Crippen LogP contribution in [0.25, 0.3) is 10.9 Å². The SMILES string of the molecule is CC(C)C(=O)Nc1cccc(C2CCN(CCCCCn3ccc4ccccc43)CC2)c1. The molecule has 170 valence electrons. The standard InChI is InChI=1S/C28H37N3O/c1-22(2)28(32)29-26-11-8-10-25(21-26)23-13-18-30(19-14-23)16-6-3-7-17-31-20-15-24-9-4-5-12-27(24)31/h4-5,8-12,15,20-23H,3,6-7,13-14,16-19H2,1-2H3,(H,29,32). The summed E-state index contributed by atoms with van der Waals surface area (Å²) in [5, 5.41) is 4.37. The molecule has 4 nitrogen and oxygen atoms in total. The Hall–Kier alpha value is -2.59. The van der Waals surface area contributed by atoms with Crippen LogP contribution in [0, 0.1) is 5.92 Å². The van der Waals surface area contributed by atoms with Crippen LogP contribution < -0.4 is 5.32 Å². The molecule has 1 fully saturated rings. The van der Waals surface area contributed by atoms with Crippen molar-refractivity contribution < 1.29 is 4.79 Å². The molecule has 2 aromatic carbocycles. The lowest BCUT2D eigenvalue weighted by atomic mass is 9.89. The molecule has 0 aliphatic carbocycles. The van der Waals surface area contributed by atoms with Crippen LogP contribution in [0.15, 0.2) is 60.8 Å². The molecule has 0 bridgehead atoms. The predicted octanol–water partition coefficient (Wildman–Crippen LogP) is 6.29. The van der Waals surface area contributed by atoms with Crippen LogP contribution >= 0.6 is 0 Å². The van der Waals surface area contributed by atoms with Gasteiger partial charge in [0.1, 0.15) is 0 Å². The molecule has 0 spiro atoms. The fraction of sp³-hybridized carbons (Fsp3) is 0.464. The molecule has 1 aliphatic heterocycles. The largest absolute Gasteiger partial charge is 0.347 e. The van der Waals surface area contributed by atoms with Crippen molar-refractivity contribution in [1.82, 2.24) is 9.47 Å². The fourth-order valence-corrected chi connectivity index (χ4v) is 4.78. The molecule has 1 saturated heterocycles. The highest BCUT2D eigenvalue weighted by Crippen LogP contribution is 2.30. The minimum atomic E-state index is 0.00419. The van der Waals surface area contributed by atoms with E-state index in [1.165, 1.54) is 68.2 Å². The number of aryl methyl sites for hydroxylation is 1. The summed E-state index contributed by atoms with van der Waals surface area (Å²) in [6, 6.07) is 19.3. The highest BCUT2D eigenvalue weighted by Gasteiger charge is 2.20. The maximum atomic E-state index is 12.0. The zero-order chi connectivity index (χ0) is 22.3. The Morgan fingerprint density at radius 2 is 1.75 bits per heavy atom. The van der Waals surface area contributed by atoms with Gasteiger partial charge in [-0.15, -0.1) is 0 Å². The minimum absolute atomic E-state index is 0.00419. The number of fused-ring (bicyclic) bond motifs is 1. The van der Waals surface area contributed by atoms with Crippen molar-refractivity contribution >= 4 is 22.5 Å². The third kappa shape index (κ3) is 5.80. The zero-order valence-corrected chi connectivity index (χ0v) is 19.6. The number of benzene rings is 2. The molecule has 0 saturated carbocycles. The number of piperidine rings is 1. The lowest BCUT2D eigenvalue weighted by Crippen LogP contribution is -2.33. The fourth-order valence-electron chi connectivity index (χ4n) is 4.78. The Morgan fingerprint density at radius 1 is 0.969 bits per heavy atom. The van der Waals surface area contributed by atoms with Crippen LogP contribution in [0.1, 0.15) is 57.4 Å². The van der Waals surface area contributed by atoms with E-state index in [1.54, 1.807) is 0 Å². The number of unbranched alkanes of at least 4 members (excludes halogenated alkanes) is 2. The summed E-state index contributed by atoms with van der Waals surface area (Å²) in [6.45, 7) is 8.53. The molecule has 1 aliphatic rings. The number of nitrogens with one attached hydrogen (secondary N) is 1. The zero-order valence-electron chi connectivity index (χ0n) is 19.6. The first-order valence-corrected chi connectivity index (χ1v) is 12.3. The molecule has 4 rings (SSSR count). The van der Waals surface area contributed by atoms with Gasteiger partial charge in [-0.25, -0.2) is 0 Å². The number of carbonyl (C=O) groups excluding carboxylic acids is 1. The van der Waals surface area contributed by atoms with Gasteiger partial charge in [-0.3, -0.25) is 4.79 Å². The Kier molecular flexibility index (Phi) is 7.64. The summed E-state index contributed by atoms with van der Waals surface area (Å²) < 4.78 is 2.39. The number of rotatable bonds is 9. The highest BCUT2D eigenvalue weighted by molar-refractivity contribution is 5.92. The van der Waals surface area contributed by atoms with Crippen LogP contribution in [0.4, 0.5) is 5.69 Å². The lowest BCUT2D eigenvalue weighted by molar-refractivity contribution is -0.118. The van der Waals surface area contributed by atoms with E-state index in [9.17, 15) is 4.79 Å². The molecule has 0 radical (unpaired) electrons. The average Bonchev–Trinajstić information content (AvgIpc) is 3.22. The first kappa shape index (κ1) is 22.6. The number of carbonyl (C=O) groups is 1. The van der Waals surface area contributed by atoms with Crippen molar-refractivity contribution in [1.29, 1.82) is 0 Å². The van der Waals surface area contributed by atoms with Crippen LogP contribution in [-0.4, -0.2) is 35.0 Å². The van der Waals surface area contributed by atoms with E-state index in [1.807, 2.05) is 19.9 Å². The molecule has 4 heteroatoms. The van der Waals surface area contributed by atoms with Crippen molar-refractivity contribution in [2.45, 2.75) is 58.4 Å². The summed E-state index contributed by atoms with van der Waals surface area (Å²) >= 11 is 0. The number of nitrogens with zero attached hydrogens (tertiary/aromatic N) is 2. The van der Waals surface area contributed by atoms with Gasteiger partial charge in [-0.2, -0.15) is 0 Å². The third-order valence-corrected chi connectivity index (χ3v) is 6.79. The maximum absolute atomic E-state index is 12.0. The Morgan fingerprint density at radius 3 is 2.56 bits per heavy atom. The number of para-hydroxylation sites is 1. The second-order valence-corrected chi connectivity index (χ2v) is 9.51. The average molecular weight is 432 g/mol. The molecule has 1 N–H and O–H groups in total. The summed E-state index contributed by atoms with van der Waals surface area (Å²) in [5.74, 6) is 0.690. The quantitative estimate of drug-likeness (QED) is 0.405. The van der Waals surface area contributed by atoms with E-state index in [-0.39, 0.29) is 11.8 Å². The Bertz CT molecular complexity index is 1010. The van der Waals surface area contributed by atoms with Gasteiger partial charge in [0.15, 0.2) is 0 Å². The van der Waals surface area contributed by atoms with E-state index in [0.29, 0.717) is 5.92 Å². The van der Waals surface area contributed by atoms with Crippen molar-refractivity contribution in [2.75, 3.05) is 25.0 Å². The predicted molar refractivity (Wildman–Crippen MR) is 134 cm³/mol. The molecular weight excluding hydrogens is 394 g/mol. The molecule has 3 aromatic rings. The molecule has 1 amide bonds. The highest BCUT2D eigenvalue weighted by atomic mass is 16.1. The summed E-state index contributed by atoms with van der Waals surface area (Å²) in [5.41, 5.74) is 3.65. The smallest absolute Gasteiger partial charge is 0.226 e. The van der Waals surface area contributed by atoms with Crippen molar-refractivity contribution in [3.05, 3.63) is 66.4 Å². The monoisotopic (exact) mass is 431 g/mol. The van der Waals surface area contributed by atoms with Gasteiger partial charge < -0.3 is 14.8 Å². The molecule has 0 unspecified atom stereocenters. The Balaban J connectivity index is 1.16. The summed E-state index contributed by atoms with van der Waals surface area (Å²) in [7, 11) is 0. The Labute approximate surface area is 192 Å². The minimum Gasteiger partial charge on any atom is -0.347 e. The van der Waals surface area contributed by atoms with Gasteiger partial charge in [-0.05, 0) is 86.5 Å². The first-order chi connectivity index (χ1) is 15.6. The molecule has 2 heterocycles. The summed E-state index contributed by atoms with van der Waals surface area (Å²) in [4.78, 5) is 14.6. The van der Waals surface area contributed by atoms with E-state index in [0.717, 1.165) is 12.2 Å². The third-order valence-electron chi connectivity index (χ3n) is 6.79. The molecule has 0 atom stereocenters. The second-order valence-electron chi connectivity index (χ2n) is 9.51. The van der Waals surface area contributed by atoms with Crippen LogP contribution in [0.2, 0.25) is 0 Å². The number of anilines is 1. The van der Waals surface area contributed by atoms with Crippen molar-refractivity contribution in [2.24, 2.45) is 5.92 Å². The number of likely N-dealkylation sites (tertiary alicyclic amines) is 1. The molecular formula is C28H37N3O. The van der Waals surface area contributed by atoms with Crippen LogP contribution in [-0.2, 0) is 11.3 Å². The van der Waals surface area contributed by atoms with Gasteiger partial charge >= 0.3 is 0 Å². The van der Waals surface area contributed by atoms with Gasteiger partial charge in [0.25, 0.3) is 0 Å². The number of hydrogen-bond donors (Lipinski definition) is 1. The van der Waals surface area contributed by atoms with Gasteiger partial charge in [-0.1, -0.05) is 50.6 Å². The first-order valence-electron chi connectivity index (χ1n) is 12.3. The number of aromatic nitrogens is 1. The van der Waals surface area contributed by atoms with E-state index in [2.05, 4.69) is 69.5 Å². The maximum Gasteiger partial charge on any atom is 0.226 e. The second kappa shape index (κ2) is 10.8. The summed E-state index contributed by atoms with van der Waals surface area (Å²) in [6.07, 6.45) is 8.43. The van der Waals surface area contributed by atoms with Crippen LogP contribution in [0.5, 0.6) is 0 Å². The molecule has 32 heavy (non-hydrogen) atoms. The van der Waals surface area contributed by atoms with E-state index in [4.69, 9.17) is 0 Å². The number of amides is 1. The van der Waals surface area contributed by atoms with Crippen molar-refractivity contribution in [3.8, 4) is 0 Å². The van der Waals surface area contributed by atoms with E-state index >= 15 is 0 Å². The lowest BCUT2D eigenvalue weighted by Gasteiger charge is -2.32. The van der Waals surface area contributed by atoms with Gasteiger partial charge in [0.2, 0.25) is 5.91 Å². The van der Waals surface area contributed by atoms with E-state index < -0.39 is 0 Å². The topological polar surface area (TPSA) is 37.3 Å². The normalized spacial score (nSPS) is 15.5. The number of hydrogen-bond acceptors (Lipinski definition) is 2.